The van der Waals surface area contributed by atoms with Crippen molar-refractivity contribution in [2.24, 2.45) is 28.6 Å². The lowest BCUT2D eigenvalue weighted by molar-refractivity contribution is -0.870. The molecule has 0 aromatic heterocycles. The van der Waals surface area contributed by atoms with Crippen molar-refractivity contribution in [3.05, 3.63) is 22.8 Å². The first-order valence-electron chi connectivity index (χ1n) is 14.2. The van der Waals surface area contributed by atoms with Gasteiger partial charge in [0.15, 0.2) is 0 Å². The summed E-state index contributed by atoms with van der Waals surface area (Å²) >= 11 is 0. The molecule has 1 aliphatic heterocycles. The number of hydrogen-bond acceptors (Lipinski definition) is 5. The van der Waals surface area contributed by atoms with Gasteiger partial charge < -0.3 is 14.1 Å². The van der Waals surface area contributed by atoms with Gasteiger partial charge in [0.25, 0.3) is 0 Å². The molecule has 0 saturated heterocycles. The van der Waals surface area contributed by atoms with E-state index in [1.807, 2.05) is 28.1 Å². The van der Waals surface area contributed by atoms with Gasteiger partial charge in [-0.25, -0.2) is 9.36 Å². The highest BCUT2D eigenvalue weighted by molar-refractivity contribution is 7.47. The van der Waals surface area contributed by atoms with Gasteiger partial charge in [-0.1, -0.05) is 25.5 Å². The predicted molar refractivity (Wildman–Crippen MR) is 142 cm³/mol. The van der Waals surface area contributed by atoms with Crippen LogP contribution in [0.2, 0.25) is 0 Å². The zero-order valence-corrected chi connectivity index (χ0v) is 24.7. The highest BCUT2D eigenvalue weighted by atomic mass is 31.2. The Morgan fingerprint density at radius 1 is 1.11 bits per heavy atom. The van der Waals surface area contributed by atoms with E-state index in [0.717, 1.165) is 56.1 Å². The summed E-state index contributed by atoms with van der Waals surface area (Å²) in [5.74, 6) is 1.58. The van der Waals surface area contributed by atoms with Gasteiger partial charge in [0.1, 0.15) is 18.8 Å². The number of allylic oxidation sites excluding steroid dienone is 1. The van der Waals surface area contributed by atoms with Crippen molar-refractivity contribution in [3.63, 3.8) is 0 Å². The molecule has 37 heavy (non-hydrogen) atoms. The molecule has 8 atom stereocenters. The van der Waals surface area contributed by atoms with E-state index < -0.39 is 13.4 Å². The Bertz CT molecular complexity index is 1080. The van der Waals surface area contributed by atoms with E-state index in [9.17, 15) is 14.3 Å². The number of nitrogens with zero attached hydrogens (tertiary/aromatic N) is 1. The van der Waals surface area contributed by atoms with Crippen LogP contribution in [0.3, 0.4) is 0 Å². The molecule has 0 radical (unpaired) electrons. The minimum Gasteiger partial charge on any atom is -0.451 e. The van der Waals surface area contributed by atoms with Crippen molar-refractivity contribution in [1.29, 1.82) is 0 Å². The molecule has 3 saturated carbocycles. The van der Waals surface area contributed by atoms with Crippen LogP contribution in [-0.4, -0.2) is 61.3 Å². The van der Waals surface area contributed by atoms with Gasteiger partial charge in [-0.05, 0) is 94.0 Å². The van der Waals surface area contributed by atoms with Gasteiger partial charge in [-0.3, -0.25) is 9.05 Å². The summed E-state index contributed by atoms with van der Waals surface area (Å²) in [6.45, 7) is 9.68. The number of fused-ring (bicyclic) bond motifs is 6. The maximum Gasteiger partial charge on any atom is 0.472 e. The van der Waals surface area contributed by atoms with Crippen LogP contribution in [0.15, 0.2) is 22.8 Å². The van der Waals surface area contributed by atoms with Gasteiger partial charge in [-0.15, -0.1) is 0 Å². The number of carbonyl (C=O) groups excluding carboxylic acids is 1. The molecule has 0 bridgehead atoms. The van der Waals surface area contributed by atoms with Crippen LogP contribution >= 0.6 is 7.82 Å². The number of likely N-dealkylation sites (N-methyl/N-ethyl adjacent to an activating group) is 1. The first-order chi connectivity index (χ1) is 17.1. The van der Waals surface area contributed by atoms with E-state index in [1.54, 1.807) is 0 Å². The zero-order chi connectivity index (χ0) is 27.0. The van der Waals surface area contributed by atoms with E-state index in [0.29, 0.717) is 35.2 Å². The highest BCUT2D eigenvalue weighted by Crippen LogP contribution is 2.70. The van der Waals surface area contributed by atoms with Crippen LogP contribution in [0.25, 0.3) is 0 Å². The van der Waals surface area contributed by atoms with Gasteiger partial charge in [0, 0.05) is 11.0 Å². The van der Waals surface area contributed by atoms with E-state index in [4.69, 9.17) is 13.8 Å². The van der Waals surface area contributed by atoms with Gasteiger partial charge in [0.05, 0.1) is 27.2 Å². The minimum atomic E-state index is -4.08. The number of carbonyl (C=O) groups is 1. The molecule has 1 N–H and O–H groups in total. The Hall–Kier alpha value is -0.980. The fraction of sp³-hybridized carbons (Fsp3) is 0.828. The molecule has 3 fully saturated rings. The van der Waals surface area contributed by atoms with Gasteiger partial charge >= 0.3 is 13.8 Å². The summed E-state index contributed by atoms with van der Waals surface area (Å²) in [5, 5.41) is 0. The largest absolute Gasteiger partial charge is 0.472 e. The average molecular weight is 537 g/mol. The van der Waals surface area contributed by atoms with Gasteiger partial charge in [0.2, 0.25) is 0 Å². The number of phosphoric acid groups is 1. The lowest BCUT2D eigenvalue weighted by Crippen LogP contribution is -2.55. The molecule has 0 amide bonds. The predicted octanol–water partition coefficient (Wildman–Crippen LogP) is 5.79. The van der Waals surface area contributed by atoms with Crippen LogP contribution in [0.4, 0.5) is 0 Å². The first kappa shape index (κ1) is 27.6. The number of quaternary nitrogens is 1. The molecule has 0 aromatic carbocycles. The Labute approximate surface area is 222 Å². The molecule has 208 valence electrons. The molecule has 7 nitrogen and oxygen atoms in total. The fourth-order valence-electron chi connectivity index (χ4n) is 8.92. The Morgan fingerprint density at radius 2 is 1.81 bits per heavy atom. The van der Waals surface area contributed by atoms with Crippen LogP contribution in [0.1, 0.15) is 79.1 Å². The maximum absolute atomic E-state index is 12.6. The summed E-state index contributed by atoms with van der Waals surface area (Å²) in [7, 11) is 1.99. The lowest BCUT2D eigenvalue weighted by atomic mass is 9.46. The summed E-state index contributed by atoms with van der Waals surface area (Å²) in [4.78, 5) is 22.9. The number of esters is 1. The fourth-order valence-corrected chi connectivity index (χ4v) is 9.85. The zero-order valence-electron chi connectivity index (χ0n) is 23.8. The van der Waals surface area contributed by atoms with E-state index in [1.165, 1.54) is 5.57 Å². The third-order valence-electron chi connectivity index (χ3n) is 11.2. The summed E-state index contributed by atoms with van der Waals surface area (Å²) in [6.07, 6.45) is 9.86. The van der Waals surface area contributed by atoms with E-state index >= 15 is 0 Å². The quantitative estimate of drug-likeness (QED) is 0.200. The Balaban J connectivity index is 1.30. The molecule has 3 unspecified atom stereocenters. The first-order valence-corrected chi connectivity index (χ1v) is 15.7. The normalized spacial score (nSPS) is 43.1. The number of rotatable bonds is 6. The number of phosphoric ester groups is 1. The maximum atomic E-state index is 12.6. The topological polar surface area (TPSA) is 82.1 Å². The van der Waals surface area contributed by atoms with Gasteiger partial charge in [-0.2, -0.15) is 0 Å². The molecular formula is C29H47NO6P+. The second-order valence-electron chi connectivity index (χ2n) is 14.0. The molecule has 5 aliphatic rings. The number of ether oxygens (including phenoxy) is 1. The smallest absolute Gasteiger partial charge is 0.451 e. The minimum absolute atomic E-state index is 0.0136. The van der Waals surface area contributed by atoms with Crippen LogP contribution in [-0.2, 0) is 23.1 Å². The second kappa shape index (κ2) is 9.02. The van der Waals surface area contributed by atoms with E-state index in [-0.39, 0.29) is 29.5 Å². The SMILES string of the molecule is CC1=C(C)[C@]2(CC[C@H]3C4CC=C5CC(OP(=O)(O)OCC[N+](C)(C)C)CC[C@]5(C)[C@H]4CC[C@@]32C)OC1=O. The molecule has 0 aromatic rings. The van der Waals surface area contributed by atoms with E-state index in [2.05, 4.69) is 26.8 Å². The van der Waals surface area contributed by atoms with Crippen molar-refractivity contribution < 1.29 is 32.5 Å². The summed E-state index contributed by atoms with van der Waals surface area (Å²) in [5.41, 5.74) is 3.02. The summed E-state index contributed by atoms with van der Waals surface area (Å²) in [6, 6.07) is 0. The molecule has 1 heterocycles. The highest BCUT2D eigenvalue weighted by Gasteiger charge is 2.68. The Kier molecular flexibility index (Phi) is 6.73. The standard InChI is InChI=1S/C29H46NO6P/c1-19-20(2)29(35-26(19)31)15-12-25-23-9-8-21-18-22(36-37(32,33)34-17-16-30(5,6)7)10-13-27(21,3)24(23)11-14-28(25,29)4/h8,22-25H,9-18H2,1-7H3/p+1/t22?,23?,24-,25-,27-,28-,29-/m0/s1. The molecule has 5 rings (SSSR count). The van der Waals surface area contributed by atoms with Crippen molar-refractivity contribution in [1.82, 2.24) is 0 Å². The van der Waals surface area contributed by atoms with Crippen molar-refractivity contribution in [3.8, 4) is 0 Å². The molecule has 4 aliphatic carbocycles. The van der Waals surface area contributed by atoms with Crippen molar-refractivity contribution in [2.75, 3.05) is 34.3 Å². The van der Waals surface area contributed by atoms with Crippen molar-refractivity contribution >= 4 is 13.8 Å². The third-order valence-corrected chi connectivity index (χ3v) is 12.3. The molecule has 1 spiro atoms. The lowest BCUT2D eigenvalue weighted by Gasteiger charge is -2.59. The van der Waals surface area contributed by atoms with Crippen molar-refractivity contribution in [2.45, 2.75) is 90.8 Å². The monoisotopic (exact) mass is 536 g/mol. The van der Waals surface area contributed by atoms with Crippen LogP contribution in [0.5, 0.6) is 0 Å². The van der Waals surface area contributed by atoms with Crippen LogP contribution < -0.4 is 0 Å². The average Bonchev–Trinajstić information content (AvgIpc) is 3.21. The third kappa shape index (κ3) is 4.41. The second-order valence-corrected chi connectivity index (χ2v) is 15.4. The number of hydrogen-bond donors (Lipinski definition) is 1. The molecule has 8 heteroatoms. The molecular weight excluding hydrogens is 489 g/mol. The summed E-state index contributed by atoms with van der Waals surface area (Å²) < 4.78 is 30.5. The Morgan fingerprint density at radius 3 is 2.46 bits per heavy atom. The van der Waals surface area contributed by atoms with Crippen LogP contribution in [0, 0.1) is 28.6 Å².